The van der Waals surface area contributed by atoms with Gasteiger partial charge in [0.1, 0.15) is 0 Å². The average molecular weight is 160 g/mol. The summed E-state index contributed by atoms with van der Waals surface area (Å²) < 4.78 is 7.07. The van der Waals surface area contributed by atoms with Crippen LogP contribution < -0.4 is 5.73 Å². The maximum Gasteiger partial charge on any atom is 0.0429 e. The maximum absolute atomic E-state index is 7.07. The van der Waals surface area contributed by atoms with E-state index in [4.69, 9.17) is 7.10 Å². The molecule has 1 unspecified atom stereocenters. The molecule has 0 bridgehead atoms. The Morgan fingerprint density at radius 3 is 3.00 bits per heavy atom. The van der Waals surface area contributed by atoms with Crippen molar-refractivity contribution in [3.63, 3.8) is 0 Å². The lowest BCUT2D eigenvalue weighted by Crippen LogP contribution is -2.02. The molecule has 0 fully saturated rings. The molecular formula is C7H11ClN2. The van der Waals surface area contributed by atoms with E-state index in [2.05, 4.69) is 4.98 Å². The highest BCUT2D eigenvalue weighted by Gasteiger charge is 1.85. The van der Waals surface area contributed by atoms with E-state index in [0.717, 1.165) is 5.56 Å². The minimum Gasteiger partial charge on any atom is -0.330 e. The molecule has 1 rings (SSSR count). The van der Waals surface area contributed by atoms with Gasteiger partial charge in [-0.05, 0) is 24.6 Å². The van der Waals surface area contributed by atoms with Crippen LogP contribution in [0.15, 0.2) is 24.5 Å². The fourth-order valence-electron chi connectivity index (χ4n) is 0.655. The standard InChI is InChI=1S/C7H10N2.ClH/c8-4-3-7-2-1-5-9-6-7;/h1-2,5-6H,3-4,8H2;1H/i4D;. The number of hydrogen-bond acceptors (Lipinski definition) is 2. The van der Waals surface area contributed by atoms with Crippen molar-refractivity contribution in [3.8, 4) is 0 Å². The monoisotopic (exact) mass is 159 g/mol. The van der Waals surface area contributed by atoms with Gasteiger partial charge in [0.15, 0.2) is 0 Å². The third-order valence-corrected chi connectivity index (χ3v) is 1.08. The molecular weight excluding hydrogens is 148 g/mol. The summed E-state index contributed by atoms with van der Waals surface area (Å²) in [5.41, 5.74) is 6.28. The first-order valence-corrected chi connectivity index (χ1v) is 2.86. The number of aromatic nitrogens is 1. The number of nitrogens with zero attached hydrogens (tertiary/aromatic N) is 1. The lowest BCUT2D eigenvalue weighted by atomic mass is 10.2. The van der Waals surface area contributed by atoms with E-state index in [9.17, 15) is 0 Å². The molecule has 0 aromatic carbocycles. The van der Waals surface area contributed by atoms with Gasteiger partial charge in [0.25, 0.3) is 0 Å². The minimum absolute atomic E-state index is 0. The molecule has 0 amide bonds. The Balaban J connectivity index is 0.000001000. The molecule has 0 aliphatic rings. The first-order valence-electron chi connectivity index (χ1n) is 3.43. The molecule has 56 valence electrons. The number of hydrogen-bond donors (Lipinski definition) is 1. The second-order valence-corrected chi connectivity index (χ2v) is 1.80. The maximum atomic E-state index is 7.07. The molecule has 0 aliphatic carbocycles. The first kappa shape index (κ1) is 7.51. The van der Waals surface area contributed by atoms with Crippen LogP contribution in [0.4, 0.5) is 0 Å². The van der Waals surface area contributed by atoms with E-state index < -0.39 is 6.52 Å². The van der Waals surface area contributed by atoms with Crippen LogP contribution in [0.1, 0.15) is 6.93 Å². The summed E-state index contributed by atoms with van der Waals surface area (Å²) in [5.74, 6) is 0. The Kier molecular flexibility index (Phi) is 3.91. The molecule has 0 spiro atoms. The van der Waals surface area contributed by atoms with Crippen molar-refractivity contribution in [2.24, 2.45) is 5.73 Å². The van der Waals surface area contributed by atoms with E-state index in [1.165, 1.54) is 0 Å². The molecule has 0 saturated carbocycles. The summed E-state index contributed by atoms with van der Waals surface area (Å²) in [6, 6.07) is 3.76. The lowest BCUT2D eigenvalue weighted by molar-refractivity contribution is 0.959. The molecule has 2 N–H and O–H groups in total. The van der Waals surface area contributed by atoms with Crippen molar-refractivity contribution in [2.45, 2.75) is 6.42 Å². The van der Waals surface area contributed by atoms with Crippen LogP contribution in [0, 0.1) is 0 Å². The van der Waals surface area contributed by atoms with Crippen molar-refractivity contribution in [3.05, 3.63) is 30.1 Å². The van der Waals surface area contributed by atoms with Crippen molar-refractivity contribution in [1.82, 2.24) is 4.98 Å². The SMILES string of the molecule is Cl.[2H]C(N)Cc1cccnc1. The van der Waals surface area contributed by atoms with Crippen molar-refractivity contribution in [2.75, 3.05) is 6.52 Å². The molecule has 0 radical (unpaired) electrons. The quantitative estimate of drug-likeness (QED) is 0.700. The Hall–Kier alpha value is -0.600. The van der Waals surface area contributed by atoms with Crippen LogP contribution in [0.2, 0.25) is 0 Å². The van der Waals surface area contributed by atoms with Gasteiger partial charge in [0.2, 0.25) is 0 Å². The normalized spacial score (nSPS) is 13.1. The molecule has 1 aromatic heterocycles. The van der Waals surface area contributed by atoms with Crippen molar-refractivity contribution in [1.29, 1.82) is 0 Å². The molecule has 10 heavy (non-hydrogen) atoms. The van der Waals surface area contributed by atoms with Gasteiger partial charge in [-0.25, -0.2) is 0 Å². The second kappa shape index (κ2) is 5.21. The van der Waals surface area contributed by atoms with E-state index >= 15 is 0 Å². The molecule has 2 nitrogen and oxygen atoms in total. The molecule has 1 aromatic rings. The Morgan fingerprint density at radius 2 is 2.50 bits per heavy atom. The van der Waals surface area contributed by atoms with Gasteiger partial charge >= 0.3 is 0 Å². The van der Waals surface area contributed by atoms with Crippen LogP contribution in [-0.2, 0) is 6.42 Å². The summed E-state index contributed by atoms with van der Waals surface area (Å²) in [4.78, 5) is 3.90. The highest BCUT2D eigenvalue weighted by atomic mass is 35.5. The van der Waals surface area contributed by atoms with Gasteiger partial charge in [-0.15, -0.1) is 12.4 Å². The number of rotatable bonds is 2. The van der Waals surface area contributed by atoms with Crippen LogP contribution >= 0.6 is 12.4 Å². The molecule has 1 atom stereocenters. The fourth-order valence-corrected chi connectivity index (χ4v) is 0.655. The summed E-state index contributed by atoms with van der Waals surface area (Å²) in [6.07, 6.45) is 4.02. The van der Waals surface area contributed by atoms with Gasteiger partial charge < -0.3 is 5.73 Å². The number of aryl methyl sites for hydroxylation is 1. The average Bonchev–Trinajstić information content (AvgIpc) is 1.88. The van der Waals surface area contributed by atoms with Gasteiger partial charge in [-0.2, -0.15) is 0 Å². The summed E-state index contributed by atoms with van der Waals surface area (Å²) >= 11 is 0. The Labute approximate surface area is 68.3 Å². The third kappa shape index (κ3) is 2.80. The zero-order valence-electron chi connectivity index (χ0n) is 6.53. The van der Waals surface area contributed by atoms with E-state index in [1.807, 2.05) is 12.1 Å². The van der Waals surface area contributed by atoms with E-state index in [0.29, 0.717) is 6.42 Å². The van der Waals surface area contributed by atoms with Crippen LogP contribution in [0.3, 0.4) is 0 Å². The summed E-state index contributed by atoms with van der Waals surface area (Å²) in [5, 5.41) is 0. The van der Waals surface area contributed by atoms with Crippen LogP contribution in [-0.4, -0.2) is 11.5 Å². The van der Waals surface area contributed by atoms with E-state index in [-0.39, 0.29) is 12.4 Å². The zero-order chi connectivity index (χ0) is 7.40. The number of nitrogens with two attached hydrogens (primary N) is 1. The zero-order valence-corrected chi connectivity index (χ0v) is 6.34. The number of halogens is 1. The molecule has 1 heterocycles. The lowest BCUT2D eigenvalue weighted by Gasteiger charge is -1.93. The predicted octanol–water partition coefficient (Wildman–Crippen LogP) is 1.00. The number of pyridine rings is 1. The van der Waals surface area contributed by atoms with Gasteiger partial charge in [0.05, 0.1) is 0 Å². The second-order valence-electron chi connectivity index (χ2n) is 1.80. The van der Waals surface area contributed by atoms with Gasteiger partial charge in [0, 0.05) is 13.8 Å². The van der Waals surface area contributed by atoms with Gasteiger partial charge in [-0.3, -0.25) is 4.98 Å². The highest BCUT2D eigenvalue weighted by molar-refractivity contribution is 5.85. The Bertz CT molecular complexity index is 191. The minimum atomic E-state index is -0.524. The largest absolute Gasteiger partial charge is 0.330 e. The molecule has 3 heteroatoms. The van der Waals surface area contributed by atoms with E-state index in [1.54, 1.807) is 12.4 Å². The summed E-state index contributed by atoms with van der Waals surface area (Å²) in [7, 11) is 0. The van der Waals surface area contributed by atoms with Crippen LogP contribution in [0.25, 0.3) is 0 Å². The van der Waals surface area contributed by atoms with Crippen molar-refractivity contribution >= 4 is 12.4 Å². The van der Waals surface area contributed by atoms with Crippen molar-refractivity contribution < 1.29 is 1.37 Å². The van der Waals surface area contributed by atoms with Gasteiger partial charge in [-0.1, -0.05) is 6.07 Å². The summed E-state index contributed by atoms with van der Waals surface area (Å²) in [6.45, 7) is -0.524. The topological polar surface area (TPSA) is 38.9 Å². The molecule has 0 aliphatic heterocycles. The van der Waals surface area contributed by atoms with Crippen LogP contribution in [0.5, 0.6) is 0 Å². The predicted molar refractivity (Wildman–Crippen MR) is 44.2 cm³/mol. The Morgan fingerprint density at radius 1 is 1.70 bits per heavy atom. The first-order chi connectivity index (χ1) is 4.79. The fraction of sp³-hybridized carbons (Fsp3) is 0.286. The smallest absolute Gasteiger partial charge is 0.0429 e. The molecule has 0 saturated heterocycles. The highest BCUT2D eigenvalue weighted by Crippen LogP contribution is 1.93. The third-order valence-electron chi connectivity index (χ3n) is 1.08.